The van der Waals surface area contributed by atoms with Crippen LogP contribution in [0.25, 0.3) is 0 Å². The lowest BCUT2D eigenvalue weighted by Gasteiger charge is -2.14. The second-order valence-electron chi connectivity index (χ2n) is 3.68. The zero-order valence-corrected chi connectivity index (χ0v) is 11.1. The Morgan fingerprint density at radius 1 is 1.12 bits per heavy atom. The zero-order valence-electron chi connectivity index (χ0n) is 10.3. The number of methoxy groups -OCH3 is 2. The summed E-state index contributed by atoms with van der Waals surface area (Å²) in [6.45, 7) is 0.662. The first-order valence-electron chi connectivity index (χ1n) is 5.40. The summed E-state index contributed by atoms with van der Waals surface area (Å²) in [6.07, 6.45) is 1.79. The Labute approximate surface area is 109 Å². The highest BCUT2D eigenvalue weighted by Crippen LogP contribution is 2.27. The molecule has 1 rings (SSSR count). The van der Waals surface area contributed by atoms with Crippen molar-refractivity contribution in [3.63, 3.8) is 0 Å². The molecule has 0 radical (unpaired) electrons. The Bertz CT molecular complexity index is 312. The average Bonchev–Trinajstić information content (AvgIpc) is 2.35. The molecule has 1 aromatic rings. The van der Waals surface area contributed by atoms with Crippen LogP contribution in [0.3, 0.4) is 0 Å². The van der Waals surface area contributed by atoms with Crippen LogP contribution in [0.2, 0.25) is 0 Å². The third kappa shape index (κ3) is 4.81. The van der Waals surface area contributed by atoms with Crippen molar-refractivity contribution < 1.29 is 9.47 Å². The van der Waals surface area contributed by atoms with Crippen LogP contribution < -0.4 is 20.9 Å². The van der Waals surface area contributed by atoms with Crippen molar-refractivity contribution >= 4 is 12.4 Å². The molecule has 4 nitrogen and oxygen atoms in total. The van der Waals surface area contributed by atoms with Crippen molar-refractivity contribution in [1.82, 2.24) is 0 Å². The molecule has 0 saturated carbocycles. The van der Waals surface area contributed by atoms with E-state index in [1.807, 2.05) is 18.2 Å². The molecule has 0 aliphatic carbocycles. The van der Waals surface area contributed by atoms with Gasteiger partial charge in [0.15, 0.2) is 0 Å². The summed E-state index contributed by atoms with van der Waals surface area (Å²) in [6, 6.07) is 5.68. The summed E-state index contributed by atoms with van der Waals surface area (Å²) in [5.74, 6) is 1.52. The van der Waals surface area contributed by atoms with Crippen molar-refractivity contribution in [3.05, 3.63) is 23.8 Å². The minimum atomic E-state index is -0.0208. The topological polar surface area (TPSA) is 70.5 Å². The maximum Gasteiger partial charge on any atom is 0.122 e. The minimum absolute atomic E-state index is 0. The van der Waals surface area contributed by atoms with Gasteiger partial charge in [-0.15, -0.1) is 12.4 Å². The monoisotopic (exact) mass is 260 g/mol. The van der Waals surface area contributed by atoms with Gasteiger partial charge in [0.1, 0.15) is 11.5 Å². The molecule has 0 aliphatic rings. The first-order valence-corrected chi connectivity index (χ1v) is 5.40. The second-order valence-corrected chi connectivity index (χ2v) is 3.68. The molecular weight excluding hydrogens is 240 g/mol. The van der Waals surface area contributed by atoms with Crippen molar-refractivity contribution in [2.75, 3.05) is 20.8 Å². The fourth-order valence-corrected chi connectivity index (χ4v) is 1.55. The molecule has 0 bridgehead atoms. The third-order valence-electron chi connectivity index (χ3n) is 2.52. The van der Waals surface area contributed by atoms with Gasteiger partial charge in [-0.1, -0.05) is 0 Å². The van der Waals surface area contributed by atoms with E-state index in [9.17, 15) is 0 Å². The lowest BCUT2D eigenvalue weighted by Crippen LogP contribution is -2.12. The number of hydrogen-bond acceptors (Lipinski definition) is 4. The summed E-state index contributed by atoms with van der Waals surface area (Å²) in [5, 5.41) is 0. The van der Waals surface area contributed by atoms with Gasteiger partial charge >= 0.3 is 0 Å². The van der Waals surface area contributed by atoms with Gasteiger partial charge in [0, 0.05) is 12.1 Å². The van der Waals surface area contributed by atoms with Gasteiger partial charge in [0.05, 0.1) is 14.2 Å². The second kappa shape index (κ2) is 8.17. The molecule has 0 spiro atoms. The van der Waals surface area contributed by atoms with Gasteiger partial charge in [0.2, 0.25) is 0 Å². The molecule has 17 heavy (non-hydrogen) atoms. The van der Waals surface area contributed by atoms with E-state index in [-0.39, 0.29) is 18.4 Å². The highest BCUT2D eigenvalue weighted by Gasteiger charge is 2.09. The van der Waals surface area contributed by atoms with Crippen LogP contribution in [0.4, 0.5) is 0 Å². The van der Waals surface area contributed by atoms with Crippen LogP contribution >= 0.6 is 12.4 Å². The van der Waals surface area contributed by atoms with Crippen molar-refractivity contribution in [2.45, 2.75) is 18.9 Å². The Morgan fingerprint density at radius 3 is 2.06 bits per heavy atom. The van der Waals surface area contributed by atoms with E-state index in [0.29, 0.717) is 6.54 Å². The molecule has 0 unspecified atom stereocenters. The highest BCUT2D eigenvalue weighted by molar-refractivity contribution is 5.85. The number of nitrogens with two attached hydrogens (primary N) is 2. The largest absolute Gasteiger partial charge is 0.497 e. The lowest BCUT2D eigenvalue weighted by molar-refractivity contribution is 0.392. The van der Waals surface area contributed by atoms with E-state index in [1.54, 1.807) is 14.2 Å². The molecule has 0 fully saturated rings. The SMILES string of the molecule is COc1cc(OC)cc([C@@H](N)CCCN)c1.Cl. The van der Waals surface area contributed by atoms with Crippen LogP contribution in [-0.4, -0.2) is 20.8 Å². The van der Waals surface area contributed by atoms with Crippen LogP contribution in [0, 0.1) is 0 Å². The molecule has 0 aromatic heterocycles. The Kier molecular flexibility index (Phi) is 7.70. The van der Waals surface area contributed by atoms with E-state index in [4.69, 9.17) is 20.9 Å². The molecule has 0 heterocycles. The summed E-state index contributed by atoms with van der Waals surface area (Å²) in [7, 11) is 3.26. The lowest BCUT2D eigenvalue weighted by atomic mass is 10.0. The molecule has 0 saturated heterocycles. The summed E-state index contributed by atoms with van der Waals surface area (Å²) in [4.78, 5) is 0. The Balaban J connectivity index is 0.00000256. The molecule has 1 atom stereocenters. The van der Waals surface area contributed by atoms with Crippen LogP contribution in [0.1, 0.15) is 24.4 Å². The predicted octanol–water partition coefficient (Wildman–Crippen LogP) is 1.86. The molecule has 98 valence electrons. The van der Waals surface area contributed by atoms with Crippen LogP contribution in [0.15, 0.2) is 18.2 Å². The fourth-order valence-electron chi connectivity index (χ4n) is 1.55. The Hall–Kier alpha value is -0.970. The first kappa shape index (κ1) is 16.0. The molecular formula is C12H21ClN2O2. The van der Waals surface area contributed by atoms with E-state index < -0.39 is 0 Å². The third-order valence-corrected chi connectivity index (χ3v) is 2.52. The minimum Gasteiger partial charge on any atom is -0.497 e. The smallest absolute Gasteiger partial charge is 0.122 e. The van der Waals surface area contributed by atoms with Crippen molar-refractivity contribution in [3.8, 4) is 11.5 Å². The maximum atomic E-state index is 6.06. The highest BCUT2D eigenvalue weighted by atomic mass is 35.5. The van der Waals surface area contributed by atoms with Gasteiger partial charge < -0.3 is 20.9 Å². The van der Waals surface area contributed by atoms with Gasteiger partial charge in [-0.2, -0.15) is 0 Å². The van der Waals surface area contributed by atoms with E-state index >= 15 is 0 Å². The van der Waals surface area contributed by atoms with Gasteiger partial charge in [-0.3, -0.25) is 0 Å². The van der Waals surface area contributed by atoms with Crippen LogP contribution in [0.5, 0.6) is 11.5 Å². The van der Waals surface area contributed by atoms with Crippen molar-refractivity contribution in [2.24, 2.45) is 11.5 Å². The Morgan fingerprint density at radius 2 is 1.65 bits per heavy atom. The molecule has 0 amide bonds. The van der Waals surface area contributed by atoms with Crippen molar-refractivity contribution in [1.29, 1.82) is 0 Å². The van der Waals surface area contributed by atoms with E-state index in [2.05, 4.69) is 0 Å². The normalized spacial score (nSPS) is 11.5. The zero-order chi connectivity index (χ0) is 12.0. The predicted molar refractivity (Wildman–Crippen MR) is 72.0 cm³/mol. The number of hydrogen-bond donors (Lipinski definition) is 2. The number of halogens is 1. The van der Waals surface area contributed by atoms with Gasteiger partial charge in [-0.25, -0.2) is 0 Å². The average molecular weight is 261 g/mol. The standard InChI is InChI=1S/C12H20N2O2.ClH/c1-15-10-6-9(7-11(8-10)16-2)12(14)4-3-5-13;/h6-8,12H,3-5,13-14H2,1-2H3;1H/t12-;/m0./s1. The number of ether oxygens (including phenoxy) is 2. The van der Waals surface area contributed by atoms with Crippen LogP contribution in [-0.2, 0) is 0 Å². The van der Waals surface area contributed by atoms with Gasteiger partial charge in [0.25, 0.3) is 0 Å². The summed E-state index contributed by atoms with van der Waals surface area (Å²) >= 11 is 0. The molecule has 4 N–H and O–H groups in total. The molecule has 5 heteroatoms. The fraction of sp³-hybridized carbons (Fsp3) is 0.500. The number of rotatable bonds is 6. The number of benzene rings is 1. The maximum absolute atomic E-state index is 6.06. The molecule has 0 aliphatic heterocycles. The van der Waals surface area contributed by atoms with E-state index in [1.165, 1.54) is 0 Å². The van der Waals surface area contributed by atoms with Gasteiger partial charge in [-0.05, 0) is 37.1 Å². The quantitative estimate of drug-likeness (QED) is 0.819. The first-order chi connectivity index (χ1) is 7.71. The molecule has 1 aromatic carbocycles. The van der Waals surface area contributed by atoms with E-state index in [0.717, 1.165) is 29.9 Å². The summed E-state index contributed by atoms with van der Waals surface area (Å²) < 4.78 is 10.4. The summed E-state index contributed by atoms with van der Waals surface area (Å²) in [5.41, 5.74) is 12.5.